The van der Waals surface area contributed by atoms with Gasteiger partial charge in [-0.15, -0.1) is 0 Å². The number of ether oxygens (including phenoxy) is 1. The number of methoxy groups -OCH3 is 1. The lowest BCUT2D eigenvalue weighted by molar-refractivity contribution is 0.0954. The first-order valence-electron chi connectivity index (χ1n) is 7.45. The molecule has 1 amide bonds. The third-order valence-electron chi connectivity index (χ3n) is 4.01. The topological polar surface area (TPSA) is 50.7 Å². The zero-order valence-corrected chi connectivity index (χ0v) is 15.8. The number of hydrazone groups is 1. The lowest BCUT2D eigenvalue weighted by Crippen LogP contribution is -2.23. The molecule has 1 N–H and O–H groups in total. The van der Waals surface area contributed by atoms with Crippen molar-refractivity contribution in [3.05, 3.63) is 51.1 Å². The van der Waals surface area contributed by atoms with Crippen LogP contribution in [0.3, 0.4) is 0 Å². The van der Waals surface area contributed by atoms with E-state index in [1.807, 2.05) is 13.8 Å². The molecule has 1 aliphatic rings. The summed E-state index contributed by atoms with van der Waals surface area (Å²) >= 11 is 2.14. The predicted molar refractivity (Wildman–Crippen MR) is 102 cm³/mol. The van der Waals surface area contributed by atoms with Crippen LogP contribution in [0.1, 0.15) is 37.0 Å². The Balaban J connectivity index is 2.11. The molecular formula is C18H21IN2O2. The minimum atomic E-state index is -0.219. The van der Waals surface area contributed by atoms with E-state index in [4.69, 9.17) is 4.74 Å². The number of amides is 1. The SMILES string of the molecule is C=C(C)[C@H]1CC=C(C)/C(=N\NC(=O)c2ccc(OC)c(I)c2)C1. The van der Waals surface area contributed by atoms with Gasteiger partial charge in [0.25, 0.3) is 5.91 Å². The van der Waals surface area contributed by atoms with E-state index in [-0.39, 0.29) is 5.91 Å². The van der Waals surface area contributed by atoms with E-state index in [1.54, 1.807) is 25.3 Å². The van der Waals surface area contributed by atoms with Gasteiger partial charge in [0.1, 0.15) is 5.75 Å². The molecule has 0 unspecified atom stereocenters. The minimum absolute atomic E-state index is 0.219. The number of halogens is 1. The molecule has 0 radical (unpaired) electrons. The first-order valence-corrected chi connectivity index (χ1v) is 8.53. The van der Waals surface area contributed by atoms with Crippen LogP contribution < -0.4 is 10.2 Å². The third kappa shape index (κ3) is 4.43. The second-order valence-electron chi connectivity index (χ2n) is 5.72. The van der Waals surface area contributed by atoms with Gasteiger partial charge >= 0.3 is 0 Å². The number of allylic oxidation sites excluding steroid dienone is 3. The second-order valence-corrected chi connectivity index (χ2v) is 6.88. The Morgan fingerprint density at radius 2 is 2.22 bits per heavy atom. The van der Waals surface area contributed by atoms with E-state index in [0.717, 1.165) is 39.0 Å². The van der Waals surface area contributed by atoms with Gasteiger partial charge in [-0.25, -0.2) is 5.43 Å². The monoisotopic (exact) mass is 424 g/mol. The Morgan fingerprint density at radius 1 is 1.48 bits per heavy atom. The van der Waals surface area contributed by atoms with Crippen molar-refractivity contribution >= 4 is 34.2 Å². The summed E-state index contributed by atoms with van der Waals surface area (Å²) in [5, 5.41) is 4.32. The normalized spacial score (nSPS) is 19.2. The minimum Gasteiger partial charge on any atom is -0.496 e. The van der Waals surface area contributed by atoms with Crippen LogP contribution in [0.2, 0.25) is 0 Å². The number of hydrogen-bond acceptors (Lipinski definition) is 3. The maximum absolute atomic E-state index is 12.3. The van der Waals surface area contributed by atoms with Crippen molar-refractivity contribution in [2.75, 3.05) is 7.11 Å². The van der Waals surface area contributed by atoms with Crippen molar-refractivity contribution in [2.24, 2.45) is 11.0 Å². The number of carbonyl (C=O) groups is 1. The molecule has 4 nitrogen and oxygen atoms in total. The highest BCUT2D eigenvalue weighted by molar-refractivity contribution is 14.1. The molecule has 0 saturated heterocycles. The molecule has 1 aromatic carbocycles. The van der Waals surface area contributed by atoms with Crippen LogP contribution in [0.25, 0.3) is 0 Å². The standard InChI is InChI=1S/C18H21IN2O2/c1-11(2)13-6-5-12(3)16(10-13)20-21-18(22)14-7-8-17(23-4)15(19)9-14/h5,7-9,13H,1,6,10H2,2-4H3,(H,21,22)/b20-16-/t13-/m0/s1. The van der Waals surface area contributed by atoms with Crippen LogP contribution in [0.4, 0.5) is 0 Å². The van der Waals surface area contributed by atoms with Gasteiger partial charge in [0.05, 0.1) is 16.4 Å². The smallest absolute Gasteiger partial charge is 0.271 e. The number of nitrogens with one attached hydrogen (secondary N) is 1. The fourth-order valence-electron chi connectivity index (χ4n) is 2.41. The van der Waals surface area contributed by atoms with Gasteiger partial charge in [-0.1, -0.05) is 18.2 Å². The van der Waals surface area contributed by atoms with E-state index in [0.29, 0.717) is 11.5 Å². The Morgan fingerprint density at radius 3 is 2.83 bits per heavy atom. The van der Waals surface area contributed by atoms with Crippen LogP contribution in [0.5, 0.6) is 5.75 Å². The van der Waals surface area contributed by atoms with Crippen LogP contribution in [0.15, 0.2) is 47.1 Å². The first kappa shape index (κ1) is 17.7. The highest BCUT2D eigenvalue weighted by Crippen LogP contribution is 2.26. The maximum atomic E-state index is 12.3. The van der Waals surface area contributed by atoms with Gasteiger partial charge in [-0.05, 0) is 79.0 Å². The van der Waals surface area contributed by atoms with E-state index >= 15 is 0 Å². The van der Waals surface area contributed by atoms with Crippen molar-refractivity contribution in [1.29, 1.82) is 0 Å². The molecule has 1 aromatic rings. The van der Waals surface area contributed by atoms with E-state index in [9.17, 15) is 4.79 Å². The fraction of sp³-hybridized carbons (Fsp3) is 0.333. The Bertz CT molecular complexity index is 692. The number of rotatable bonds is 4. The van der Waals surface area contributed by atoms with Crippen molar-refractivity contribution in [3.8, 4) is 5.75 Å². The molecule has 0 spiro atoms. The van der Waals surface area contributed by atoms with Crippen molar-refractivity contribution in [2.45, 2.75) is 26.7 Å². The van der Waals surface area contributed by atoms with Gasteiger partial charge in [0.15, 0.2) is 0 Å². The molecule has 1 atom stereocenters. The van der Waals surface area contributed by atoms with Crippen LogP contribution in [0, 0.1) is 9.49 Å². The van der Waals surface area contributed by atoms with Gasteiger partial charge in [0.2, 0.25) is 0 Å². The van der Waals surface area contributed by atoms with E-state index in [1.165, 1.54) is 0 Å². The largest absolute Gasteiger partial charge is 0.496 e. The van der Waals surface area contributed by atoms with E-state index in [2.05, 4.69) is 45.8 Å². The number of benzene rings is 1. The Labute approximate surface area is 150 Å². The summed E-state index contributed by atoms with van der Waals surface area (Å²) in [6.45, 7) is 8.08. The fourth-order valence-corrected chi connectivity index (χ4v) is 3.15. The van der Waals surface area contributed by atoms with Crippen LogP contribution >= 0.6 is 22.6 Å². The van der Waals surface area contributed by atoms with Crippen molar-refractivity contribution in [1.82, 2.24) is 5.43 Å². The molecule has 0 bridgehead atoms. The molecule has 0 fully saturated rings. The predicted octanol–water partition coefficient (Wildman–Crippen LogP) is 4.32. The van der Waals surface area contributed by atoms with Gasteiger partial charge in [-0.3, -0.25) is 4.79 Å². The summed E-state index contributed by atoms with van der Waals surface area (Å²) < 4.78 is 6.09. The third-order valence-corrected chi connectivity index (χ3v) is 4.85. The lowest BCUT2D eigenvalue weighted by atomic mass is 9.85. The number of hydrogen-bond donors (Lipinski definition) is 1. The summed E-state index contributed by atoms with van der Waals surface area (Å²) in [5.41, 5.74) is 6.41. The van der Waals surface area contributed by atoms with Gasteiger partial charge < -0.3 is 4.74 Å². The first-order chi connectivity index (χ1) is 10.9. The molecule has 0 heterocycles. The van der Waals surface area contributed by atoms with Gasteiger partial charge in [-0.2, -0.15) is 5.10 Å². The Kier molecular flexibility index (Phi) is 5.98. The molecule has 2 rings (SSSR count). The number of carbonyl (C=O) groups excluding carboxylic acids is 1. The molecule has 5 heteroatoms. The zero-order chi connectivity index (χ0) is 17.0. The molecular weight excluding hydrogens is 403 g/mol. The maximum Gasteiger partial charge on any atom is 0.271 e. The molecule has 23 heavy (non-hydrogen) atoms. The highest BCUT2D eigenvalue weighted by atomic mass is 127. The second kappa shape index (κ2) is 7.77. The molecule has 122 valence electrons. The van der Waals surface area contributed by atoms with Crippen molar-refractivity contribution in [3.63, 3.8) is 0 Å². The molecule has 1 aliphatic carbocycles. The summed E-state index contributed by atoms with van der Waals surface area (Å²) in [6, 6.07) is 5.30. The summed E-state index contributed by atoms with van der Waals surface area (Å²) in [6.07, 6.45) is 3.97. The highest BCUT2D eigenvalue weighted by Gasteiger charge is 2.19. The summed E-state index contributed by atoms with van der Waals surface area (Å²) in [4.78, 5) is 12.3. The summed E-state index contributed by atoms with van der Waals surface area (Å²) in [7, 11) is 1.61. The molecule has 0 saturated carbocycles. The quantitative estimate of drug-likeness (QED) is 0.445. The average Bonchev–Trinajstić information content (AvgIpc) is 2.53. The van der Waals surface area contributed by atoms with Gasteiger partial charge in [0, 0.05) is 5.56 Å². The molecule has 0 aromatic heterocycles. The number of nitrogens with zero attached hydrogens (tertiary/aromatic N) is 1. The Hall–Kier alpha value is -1.63. The van der Waals surface area contributed by atoms with E-state index < -0.39 is 0 Å². The average molecular weight is 424 g/mol. The molecule has 0 aliphatic heterocycles. The van der Waals surface area contributed by atoms with Crippen molar-refractivity contribution < 1.29 is 9.53 Å². The van der Waals surface area contributed by atoms with Crippen LogP contribution in [-0.2, 0) is 0 Å². The zero-order valence-electron chi connectivity index (χ0n) is 13.6. The summed E-state index contributed by atoms with van der Waals surface area (Å²) in [5.74, 6) is 0.934. The lowest BCUT2D eigenvalue weighted by Gasteiger charge is -2.22. The van der Waals surface area contributed by atoms with Crippen LogP contribution in [-0.4, -0.2) is 18.7 Å².